The van der Waals surface area contributed by atoms with Gasteiger partial charge in [0, 0.05) is 0 Å². The molecule has 1 rings (SSSR count). The summed E-state index contributed by atoms with van der Waals surface area (Å²) in [7, 11) is 0. The third-order valence-electron chi connectivity index (χ3n) is 2.67. The van der Waals surface area contributed by atoms with Crippen LogP contribution >= 0.6 is 0 Å². The summed E-state index contributed by atoms with van der Waals surface area (Å²) in [6.45, 7) is 10.8. The maximum Gasteiger partial charge on any atom is 0.119 e. The molecule has 0 saturated heterocycles. The van der Waals surface area contributed by atoms with E-state index in [2.05, 4.69) is 43.4 Å². The monoisotopic (exact) mass is 249 g/mol. The maximum atomic E-state index is 5.63. The zero-order chi connectivity index (χ0) is 13.4. The third kappa shape index (κ3) is 6.65. The molecule has 18 heavy (non-hydrogen) atoms. The van der Waals surface area contributed by atoms with Gasteiger partial charge in [-0.05, 0) is 63.4 Å². The minimum Gasteiger partial charge on any atom is -0.491 e. The van der Waals surface area contributed by atoms with Gasteiger partial charge in [-0.1, -0.05) is 26.0 Å². The molecule has 0 atom stereocenters. The Morgan fingerprint density at radius 3 is 2.28 bits per heavy atom. The van der Waals surface area contributed by atoms with Crippen LogP contribution in [0.15, 0.2) is 24.3 Å². The van der Waals surface area contributed by atoms with Crippen molar-refractivity contribution in [1.29, 1.82) is 0 Å². The van der Waals surface area contributed by atoms with Crippen molar-refractivity contribution in [3.05, 3.63) is 29.8 Å². The molecule has 0 fully saturated rings. The Bertz CT molecular complexity index is 316. The smallest absolute Gasteiger partial charge is 0.119 e. The largest absolute Gasteiger partial charge is 0.491 e. The molecule has 0 spiro atoms. The van der Waals surface area contributed by atoms with Crippen LogP contribution in [0.25, 0.3) is 0 Å². The van der Waals surface area contributed by atoms with Crippen LogP contribution in [0.2, 0.25) is 0 Å². The normalized spacial score (nSPS) is 11.2. The Balaban J connectivity index is 2.22. The molecule has 0 aliphatic rings. The minimum atomic E-state index is 0.246. The van der Waals surface area contributed by atoms with Crippen molar-refractivity contribution < 1.29 is 4.74 Å². The number of nitrogens with one attached hydrogen (secondary N) is 1. The van der Waals surface area contributed by atoms with Crippen molar-refractivity contribution in [2.45, 2.75) is 46.6 Å². The van der Waals surface area contributed by atoms with E-state index in [0.717, 1.165) is 31.2 Å². The molecule has 1 aromatic carbocycles. The Morgan fingerprint density at radius 1 is 1.06 bits per heavy atom. The number of aryl methyl sites for hydroxylation is 1. The van der Waals surface area contributed by atoms with Crippen LogP contribution in [-0.4, -0.2) is 19.2 Å². The first kappa shape index (κ1) is 15.0. The molecule has 0 bridgehead atoms. The summed E-state index contributed by atoms with van der Waals surface area (Å²) in [4.78, 5) is 0. The summed E-state index contributed by atoms with van der Waals surface area (Å²) in [5.41, 5.74) is 1.39. The van der Waals surface area contributed by atoms with Crippen LogP contribution in [0.1, 0.15) is 39.7 Å². The zero-order valence-electron chi connectivity index (χ0n) is 12.2. The van der Waals surface area contributed by atoms with E-state index in [-0.39, 0.29) is 6.10 Å². The average Bonchev–Trinajstić information content (AvgIpc) is 2.30. The minimum absolute atomic E-state index is 0.246. The van der Waals surface area contributed by atoms with Crippen LogP contribution < -0.4 is 10.1 Å². The molecule has 0 amide bonds. The second-order valence-corrected chi connectivity index (χ2v) is 5.51. The predicted molar refractivity (Wildman–Crippen MR) is 78.2 cm³/mol. The molecule has 1 aromatic rings. The van der Waals surface area contributed by atoms with Gasteiger partial charge in [0.15, 0.2) is 0 Å². The Labute approximate surface area is 112 Å². The van der Waals surface area contributed by atoms with Gasteiger partial charge < -0.3 is 10.1 Å². The van der Waals surface area contributed by atoms with Gasteiger partial charge >= 0.3 is 0 Å². The molecular formula is C16H27NO. The molecule has 0 heterocycles. The lowest BCUT2D eigenvalue weighted by atomic mass is 10.1. The molecule has 2 nitrogen and oxygen atoms in total. The summed E-state index contributed by atoms with van der Waals surface area (Å²) in [5.74, 6) is 1.70. The SMILES string of the molecule is CC(C)CNCCCc1ccc(OC(C)C)cc1. The van der Waals surface area contributed by atoms with Gasteiger partial charge in [-0.3, -0.25) is 0 Å². The Hall–Kier alpha value is -1.02. The fourth-order valence-corrected chi connectivity index (χ4v) is 1.82. The molecule has 1 N–H and O–H groups in total. The van der Waals surface area contributed by atoms with Crippen molar-refractivity contribution in [3.63, 3.8) is 0 Å². The molecule has 0 unspecified atom stereocenters. The van der Waals surface area contributed by atoms with Crippen LogP contribution in [0.5, 0.6) is 5.75 Å². The molecule has 2 heteroatoms. The van der Waals surface area contributed by atoms with Crippen LogP contribution in [-0.2, 0) is 6.42 Å². The zero-order valence-corrected chi connectivity index (χ0v) is 12.2. The quantitative estimate of drug-likeness (QED) is 0.710. The van der Waals surface area contributed by atoms with Crippen molar-refractivity contribution >= 4 is 0 Å². The summed E-state index contributed by atoms with van der Waals surface area (Å²) < 4.78 is 5.63. The fourth-order valence-electron chi connectivity index (χ4n) is 1.82. The average molecular weight is 249 g/mol. The van der Waals surface area contributed by atoms with E-state index in [4.69, 9.17) is 4.74 Å². The van der Waals surface area contributed by atoms with E-state index in [1.54, 1.807) is 0 Å². The van der Waals surface area contributed by atoms with Gasteiger partial charge in [-0.25, -0.2) is 0 Å². The summed E-state index contributed by atoms with van der Waals surface area (Å²) in [5, 5.41) is 3.47. The van der Waals surface area contributed by atoms with Crippen molar-refractivity contribution in [3.8, 4) is 5.75 Å². The molecule has 0 radical (unpaired) electrons. The van der Waals surface area contributed by atoms with Gasteiger partial charge in [0.1, 0.15) is 5.75 Å². The Morgan fingerprint density at radius 2 is 1.72 bits per heavy atom. The topological polar surface area (TPSA) is 21.3 Å². The van der Waals surface area contributed by atoms with Crippen LogP contribution in [0, 0.1) is 5.92 Å². The maximum absolute atomic E-state index is 5.63. The second-order valence-electron chi connectivity index (χ2n) is 5.51. The molecular weight excluding hydrogens is 222 g/mol. The lowest BCUT2D eigenvalue weighted by Gasteiger charge is -2.10. The van der Waals surface area contributed by atoms with E-state index < -0.39 is 0 Å². The first-order valence-corrected chi connectivity index (χ1v) is 7.04. The molecule has 0 saturated carbocycles. The van der Waals surface area contributed by atoms with Gasteiger partial charge in [0.2, 0.25) is 0 Å². The van der Waals surface area contributed by atoms with Crippen LogP contribution in [0.4, 0.5) is 0 Å². The molecule has 0 aromatic heterocycles. The number of hydrogen-bond acceptors (Lipinski definition) is 2. The van der Waals surface area contributed by atoms with Crippen molar-refractivity contribution in [1.82, 2.24) is 5.32 Å². The number of hydrogen-bond donors (Lipinski definition) is 1. The highest BCUT2D eigenvalue weighted by Gasteiger charge is 1.98. The molecule has 102 valence electrons. The van der Waals surface area contributed by atoms with E-state index in [1.807, 2.05) is 13.8 Å². The summed E-state index contributed by atoms with van der Waals surface area (Å²) in [6.07, 6.45) is 2.57. The highest BCUT2D eigenvalue weighted by atomic mass is 16.5. The van der Waals surface area contributed by atoms with Crippen molar-refractivity contribution in [2.75, 3.05) is 13.1 Å². The highest BCUT2D eigenvalue weighted by Crippen LogP contribution is 2.14. The van der Waals surface area contributed by atoms with E-state index in [1.165, 1.54) is 12.0 Å². The summed E-state index contributed by atoms with van der Waals surface area (Å²) in [6, 6.07) is 8.47. The number of rotatable bonds is 8. The van der Waals surface area contributed by atoms with Gasteiger partial charge in [0.05, 0.1) is 6.10 Å². The lowest BCUT2D eigenvalue weighted by Crippen LogP contribution is -2.21. The first-order chi connectivity index (χ1) is 8.58. The van der Waals surface area contributed by atoms with Gasteiger partial charge in [0.25, 0.3) is 0 Å². The number of benzene rings is 1. The van der Waals surface area contributed by atoms with E-state index in [9.17, 15) is 0 Å². The lowest BCUT2D eigenvalue weighted by molar-refractivity contribution is 0.242. The van der Waals surface area contributed by atoms with E-state index in [0.29, 0.717) is 0 Å². The van der Waals surface area contributed by atoms with E-state index >= 15 is 0 Å². The van der Waals surface area contributed by atoms with Gasteiger partial charge in [-0.15, -0.1) is 0 Å². The highest BCUT2D eigenvalue weighted by molar-refractivity contribution is 5.27. The summed E-state index contributed by atoms with van der Waals surface area (Å²) >= 11 is 0. The third-order valence-corrected chi connectivity index (χ3v) is 2.67. The van der Waals surface area contributed by atoms with Gasteiger partial charge in [-0.2, -0.15) is 0 Å². The first-order valence-electron chi connectivity index (χ1n) is 7.04. The number of ether oxygens (including phenoxy) is 1. The van der Waals surface area contributed by atoms with Crippen LogP contribution in [0.3, 0.4) is 0 Å². The van der Waals surface area contributed by atoms with Crippen molar-refractivity contribution in [2.24, 2.45) is 5.92 Å². The fraction of sp³-hybridized carbons (Fsp3) is 0.625. The standard InChI is InChI=1S/C16H27NO/c1-13(2)12-17-11-5-6-15-7-9-16(10-8-15)18-14(3)4/h7-10,13-14,17H,5-6,11-12H2,1-4H3. The molecule has 0 aliphatic heterocycles. The predicted octanol–water partition coefficient (Wildman–Crippen LogP) is 3.65. The Kier molecular flexibility index (Phi) is 6.81. The second kappa shape index (κ2) is 8.15. The molecule has 0 aliphatic carbocycles.